The first-order valence-electron chi connectivity index (χ1n) is 8.01. The second kappa shape index (κ2) is 8.40. The summed E-state index contributed by atoms with van der Waals surface area (Å²) >= 11 is 0. The van der Waals surface area contributed by atoms with Gasteiger partial charge in [0, 0.05) is 19.6 Å². The number of carbonyl (C=O) groups excluding carboxylic acids is 1. The van der Waals surface area contributed by atoms with E-state index < -0.39 is 17.3 Å². The predicted molar refractivity (Wildman–Crippen MR) is 91.9 cm³/mol. The number of rotatable bonds is 7. The van der Waals surface area contributed by atoms with Gasteiger partial charge in [-0.2, -0.15) is 0 Å². The van der Waals surface area contributed by atoms with Crippen molar-refractivity contribution in [2.24, 2.45) is 5.92 Å². The molecule has 0 fully saturated rings. The van der Waals surface area contributed by atoms with Crippen molar-refractivity contribution in [1.82, 2.24) is 14.9 Å². The smallest absolute Gasteiger partial charge is 0.330 e. The van der Waals surface area contributed by atoms with Gasteiger partial charge in [0.2, 0.25) is 0 Å². The summed E-state index contributed by atoms with van der Waals surface area (Å²) in [6.07, 6.45) is 1.58. The fourth-order valence-electron chi connectivity index (χ4n) is 2.26. The van der Waals surface area contributed by atoms with Gasteiger partial charge in [0.05, 0.1) is 0 Å². The van der Waals surface area contributed by atoms with Gasteiger partial charge in [0.25, 0.3) is 5.56 Å². The molecule has 8 heteroatoms. The van der Waals surface area contributed by atoms with Crippen molar-refractivity contribution in [3.63, 3.8) is 0 Å². The first-order chi connectivity index (χ1) is 10.8. The van der Waals surface area contributed by atoms with Gasteiger partial charge in [-0.1, -0.05) is 27.2 Å². The van der Waals surface area contributed by atoms with Crippen LogP contribution in [0.5, 0.6) is 0 Å². The van der Waals surface area contributed by atoms with Gasteiger partial charge in [-0.25, -0.2) is 9.59 Å². The zero-order chi connectivity index (χ0) is 17.6. The maximum atomic E-state index is 12.3. The molecule has 1 rings (SSSR count). The summed E-state index contributed by atoms with van der Waals surface area (Å²) in [6, 6.07) is -0.395. The molecule has 1 heterocycles. The Morgan fingerprint density at radius 1 is 1.35 bits per heavy atom. The Hall–Kier alpha value is -2.25. The van der Waals surface area contributed by atoms with Gasteiger partial charge < -0.3 is 11.1 Å². The summed E-state index contributed by atoms with van der Waals surface area (Å²) in [5.74, 6) is 0.192. The third kappa shape index (κ3) is 4.61. The van der Waals surface area contributed by atoms with Gasteiger partial charge in [-0.15, -0.1) is 0 Å². The van der Waals surface area contributed by atoms with E-state index in [0.717, 1.165) is 12.8 Å². The second-order valence-electron chi connectivity index (χ2n) is 5.84. The van der Waals surface area contributed by atoms with Crippen LogP contribution in [0.3, 0.4) is 0 Å². The molecule has 1 aromatic heterocycles. The number of nitrogens with one attached hydrogen (secondary N) is 2. The molecule has 0 aliphatic carbocycles. The number of amides is 2. The first kappa shape index (κ1) is 18.8. The van der Waals surface area contributed by atoms with Gasteiger partial charge in [0.15, 0.2) is 5.69 Å². The highest BCUT2D eigenvalue weighted by Gasteiger charge is 2.23. The van der Waals surface area contributed by atoms with Crippen LogP contribution in [-0.2, 0) is 6.54 Å². The number of nitrogens with two attached hydrogens (primary N) is 1. The van der Waals surface area contributed by atoms with Crippen molar-refractivity contribution in [3.05, 3.63) is 20.8 Å². The molecule has 0 unspecified atom stereocenters. The molecule has 0 spiro atoms. The lowest BCUT2D eigenvalue weighted by Gasteiger charge is -2.24. The molecule has 0 radical (unpaired) electrons. The minimum Gasteiger partial charge on any atom is -0.383 e. The van der Waals surface area contributed by atoms with E-state index in [0.29, 0.717) is 19.6 Å². The van der Waals surface area contributed by atoms with E-state index in [1.807, 2.05) is 20.8 Å². The zero-order valence-electron chi connectivity index (χ0n) is 14.3. The number of hydrogen-bond donors (Lipinski definition) is 3. The normalized spacial score (nSPS) is 10.8. The molecule has 0 saturated carbocycles. The molecule has 0 aromatic carbocycles. The summed E-state index contributed by atoms with van der Waals surface area (Å²) in [5.41, 5.74) is 4.89. The van der Waals surface area contributed by atoms with Gasteiger partial charge in [0.1, 0.15) is 5.82 Å². The van der Waals surface area contributed by atoms with E-state index >= 15 is 0 Å². The molecule has 130 valence electrons. The summed E-state index contributed by atoms with van der Waals surface area (Å²) < 4.78 is 1.31. The van der Waals surface area contributed by atoms with Crippen molar-refractivity contribution in [3.8, 4) is 0 Å². The number of carbonyl (C=O) groups is 1. The number of nitrogens with zero attached hydrogens (tertiary/aromatic N) is 2. The fourth-order valence-corrected chi connectivity index (χ4v) is 2.26. The molecule has 0 atom stereocenters. The van der Waals surface area contributed by atoms with Crippen LogP contribution in [-0.4, -0.2) is 28.7 Å². The van der Waals surface area contributed by atoms with E-state index in [9.17, 15) is 14.4 Å². The number of hydrogen-bond acceptors (Lipinski definition) is 4. The molecule has 1 aromatic rings. The fraction of sp³-hybridized carbons (Fsp3) is 0.667. The van der Waals surface area contributed by atoms with Gasteiger partial charge >= 0.3 is 11.7 Å². The number of nitrogen functional groups attached to an aromatic ring is 1. The molecule has 2 amide bonds. The van der Waals surface area contributed by atoms with E-state index in [1.54, 1.807) is 6.92 Å². The summed E-state index contributed by atoms with van der Waals surface area (Å²) in [5, 5.41) is 2.67. The minimum absolute atomic E-state index is 0.0230. The predicted octanol–water partition coefficient (Wildman–Crippen LogP) is 1.11. The van der Waals surface area contributed by atoms with E-state index in [2.05, 4.69) is 10.3 Å². The highest BCUT2D eigenvalue weighted by Crippen LogP contribution is 2.18. The van der Waals surface area contributed by atoms with E-state index in [1.165, 1.54) is 9.47 Å². The lowest BCUT2D eigenvalue weighted by molar-refractivity contribution is 0.246. The SMILES string of the molecule is CCCCN(C(=O)NCC)c1c(N)n(CC(C)C)c(=O)[nH]c1=O. The molecule has 8 nitrogen and oxygen atoms in total. The van der Waals surface area contributed by atoms with Crippen LogP contribution in [0.2, 0.25) is 0 Å². The van der Waals surface area contributed by atoms with Crippen LogP contribution in [0.4, 0.5) is 16.3 Å². The first-order valence-corrected chi connectivity index (χ1v) is 8.01. The molecule has 0 aliphatic rings. The van der Waals surface area contributed by atoms with E-state index in [4.69, 9.17) is 5.73 Å². The highest BCUT2D eigenvalue weighted by molar-refractivity contribution is 5.94. The van der Waals surface area contributed by atoms with Crippen molar-refractivity contribution in [1.29, 1.82) is 0 Å². The molecule has 0 bridgehead atoms. The van der Waals surface area contributed by atoms with Crippen LogP contribution < -0.4 is 27.2 Å². The maximum absolute atomic E-state index is 12.3. The second-order valence-corrected chi connectivity index (χ2v) is 5.84. The Labute approximate surface area is 135 Å². The minimum atomic E-state index is -0.644. The van der Waals surface area contributed by atoms with Crippen LogP contribution in [0.1, 0.15) is 40.5 Å². The molecule has 0 saturated heterocycles. The average Bonchev–Trinajstić information content (AvgIpc) is 2.46. The number of anilines is 2. The van der Waals surface area contributed by atoms with Gasteiger partial charge in [-0.05, 0) is 19.3 Å². The molecule has 0 aliphatic heterocycles. The quantitative estimate of drug-likeness (QED) is 0.697. The van der Waals surface area contributed by atoms with Crippen LogP contribution in [0, 0.1) is 5.92 Å². The van der Waals surface area contributed by atoms with Crippen LogP contribution in [0.25, 0.3) is 0 Å². The summed E-state index contributed by atoms with van der Waals surface area (Å²) in [6.45, 7) is 8.82. The highest BCUT2D eigenvalue weighted by atomic mass is 16.2. The number of H-pyrrole nitrogens is 1. The van der Waals surface area contributed by atoms with Crippen molar-refractivity contribution < 1.29 is 4.79 Å². The maximum Gasteiger partial charge on any atom is 0.330 e. The zero-order valence-corrected chi connectivity index (χ0v) is 14.3. The number of aromatic nitrogens is 2. The van der Waals surface area contributed by atoms with Crippen LogP contribution >= 0.6 is 0 Å². The summed E-state index contributed by atoms with van der Waals surface area (Å²) in [7, 11) is 0. The Balaban J connectivity index is 3.42. The Bertz CT molecular complexity index is 647. The van der Waals surface area contributed by atoms with Crippen molar-refractivity contribution >= 4 is 17.5 Å². The molecular weight excluding hydrogens is 298 g/mol. The third-order valence-electron chi connectivity index (χ3n) is 3.34. The molecule has 4 N–H and O–H groups in total. The number of aromatic amines is 1. The van der Waals surface area contributed by atoms with Crippen molar-refractivity contribution in [2.75, 3.05) is 23.7 Å². The monoisotopic (exact) mass is 325 g/mol. The van der Waals surface area contributed by atoms with Gasteiger partial charge in [-0.3, -0.25) is 19.2 Å². The van der Waals surface area contributed by atoms with Crippen LogP contribution in [0.15, 0.2) is 9.59 Å². The Morgan fingerprint density at radius 3 is 2.52 bits per heavy atom. The Kier molecular flexibility index (Phi) is 6.87. The standard InChI is InChI=1S/C15H27N5O3/c1-5-7-8-19(14(22)17-6-2)11-12(16)20(9-10(3)4)15(23)18-13(11)21/h10H,5-9,16H2,1-4H3,(H,17,22)(H,18,21,23). The molecular formula is C15H27N5O3. The third-order valence-corrected chi connectivity index (χ3v) is 3.34. The van der Waals surface area contributed by atoms with E-state index in [-0.39, 0.29) is 17.4 Å². The average molecular weight is 325 g/mol. The lowest BCUT2D eigenvalue weighted by atomic mass is 10.2. The van der Waals surface area contributed by atoms with Crippen molar-refractivity contribution in [2.45, 2.75) is 47.1 Å². The summed E-state index contributed by atoms with van der Waals surface area (Å²) in [4.78, 5) is 40.1. The largest absolute Gasteiger partial charge is 0.383 e. The topological polar surface area (TPSA) is 113 Å². The molecule has 23 heavy (non-hydrogen) atoms. The number of urea groups is 1. The lowest BCUT2D eigenvalue weighted by Crippen LogP contribution is -2.46. The Morgan fingerprint density at radius 2 is 2.00 bits per heavy atom. The number of unbranched alkanes of at least 4 members (excludes halogenated alkanes) is 1.